The minimum Gasteiger partial charge on any atom is -0.370 e. The molecule has 104 valence electrons. The molecule has 0 aromatic carbocycles. The molecule has 1 unspecified atom stereocenters. The predicted molar refractivity (Wildman–Crippen MR) is 75.8 cm³/mol. The first-order valence-corrected chi connectivity index (χ1v) is 6.94. The Morgan fingerprint density at radius 3 is 2.83 bits per heavy atom. The fourth-order valence-corrected chi connectivity index (χ4v) is 3.04. The smallest absolute Gasteiger partial charge is 0.191 e. The topological polar surface area (TPSA) is 48.1 Å². The van der Waals surface area contributed by atoms with Crippen LogP contribution in [0.2, 0.25) is 0 Å². The van der Waals surface area contributed by atoms with E-state index in [1.807, 2.05) is 0 Å². The second-order valence-electron chi connectivity index (χ2n) is 6.01. The van der Waals surface area contributed by atoms with Crippen molar-refractivity contribution in [3.8, 4) is 0 Å². The maximum absolute atomic E-state index is 6.10. The number of hydrogen-bond donors (Lipinski definition) is 1. The highest BCUT2D eigenvalue weighted by atomic mass is 15.4. The summed E-state index contributed by atoms with van der Waals surface area (Å²) in [5.74, 6) is 0.751. The van der Waals surface area contributed by atoms with Gasteiger partial charge in [-0.25, -0.2) is 0 Å². The van der Waals surface area contributed by atoms with Crippen LogP contribution in [-0.4, -0.2) is 80.1 Å². The molecule has 0 amide bonds. The van der Waals surface area contributed by atoms with E-state index in [0.29, 0.717) is 0 Å². The normalized spacial score (nSPS) is 30.0. The van der Waals surface area contributed by atoms with Crippen molar-refractivity contribution in [1.82, 2.24) is 14.7 Å². The molecule has 1 saturated heterocycles. The van der Waals surface area contributed by atoms with Crippen LogP contribution in [0.15, 0.2) is 4.99 Å². The van der Waals surface area contributed by atoms with Crippen molar-refractivity contribution >= 4 is 5.96 Å². The van der Waals surface area contributed by atoms with Gasteiger partial charge in [0, 0.05) is 19.6 Å². The number of nitrogens with zero attached hydrogens (tertiary/aromatic N) is 4. The summed E-state index contributed by atoms with van der Waals surface area (Å²) in [4.78, 5) is 11.5. The minimum atomic E-state index is 0.199. The highest BCUT2D eigenvalue weighted by molar-refractivity contribution is 5.81. The molecule has 2 aliphatic heterocycles. The summed E-state index contributed by atoms with van der Waals surface area (Å²) in [6.45, 7) is 5.27. The Hall–Kier alpha value is -0.810. The van der Waals surface area contributed by atoms with Gasteiger partial charge in [-0.15, -0.1) is 0 Å². The second-order valence-corrected chi connectivity index (χ2v) is 6.01. The largest absolute Gasteiger partial charge is 0.370 e. The summed E-state index contributed by atoms with van der Waals surface area (Å²) in [6.07, 6.45) is 3.65. The van der Waals surface area contributed by atoms with Gasteiger partial charge in [0.25, 0.3) is 0 Å². The molecule has 0 aliphatic carbocycles. The number of guanidine groups is 1. The highest BCUT2D eigenvalue weighted by Crippen LogP contribution is 2.32. The van der Waals surface area contributed by atoms with Gasteiger partial charge in [0.05, 0.1) is 12.1 Å². The molecule has 1 atom stereocenters. The first kappa shape index (κ1) is 13.6. The molecule has 0 saturated carbocycles. The fourth-order valence-electron chi connectivity index (χ4n) is 3.04. The van der Waals surface area contributed by atoms with Gasteiger partial charge in [0.1, 0.15) is 0 Å². The number of rotatable bonds is 3. The second kappa shape index (κ2) is 5.45. The van der Waals surface area contributed by atoms with Crippen LogP contribution < -0.4 is 5.73 Å². The molecular formula is C13H27N5. The van der Waals surface area contributed by atoms with Crippen LogP contribution in [0.5, 0.6) is 0 Å². The SMILES string of the molecule is CN(C)CCN1C(N)=NCC12CCCN(C)CC2. The zero-order valence-corrected chi connectivity index (χ0v) is 12.0. The molecule has 2 heterocycles. The van der Waals surface area contributed by atoms with Crippen LogP contribution in [-0.2, 0) is 0 Å². The molecule has 1 spiro atoms. The lowest BCUT2D eigenvalue weighted by Crippen LogP contribution is -2.53. The molecule has 0 aromatic heterocycles. The molecule has 18 heavy (non-hydrogen) atoms. The Kier molecular flexibility index (Phi) is 4.12. The van der Waals surface area contributed by atoms with Gasteiger partial charge in [0.15, 0.2) is 5.96 Å². The average molecular weight is 253 g/mol. The van der Waals surface area contributed by atoms with Gasteiger partial charge in [0.2, 0.25) is 0 Å². The molecule has 2 rings (SSSR count). The Morgan fingerprint density at radius 2 is 2.11 bits per heavy atom. The predicted octanol–water partition coefficient (Wildman–Crippen LogP) is 0.0328. The molecule has 2 N–H and O–H groups in total. The van der Waals surface area contributed by atoms with Crippen LogP contribution in [0.1, 0.15) is 19.3 Å². The van der Waals surface area contributed by atoms with Crippen LogP contribution in [0.25, 0.3) is 0 Å². The van der Waals surface area contributed by atoms with E-state index < -0.39 is 0 Å². The Bertz CT molecular complexity index is 315. The van der Waals surface area contributed by atoms with E-state index in [1.54, 1.807) is 0 Å². The molecule has 0 bridgehead atoms. The van der Waals surface area contributed by atoms with Crippen LogP contribution >= 0.6 is 0 Å². The third kappa shape index (κ3) is 2.78. The van der Waals surface area contributed by atoms with Crippen molar-refractivity contribution < 1.29 is 0 Å². The molecular weight excluding hydrogens is 226 g/mol. The summed E-state index contributed by atoms with van der Waals surface area (Å²) in [5, 5.41) is 0. The molecule has 2 aliphatic rings. The zero-order valence-electron chi connectivity index (χ0n) is 12.0. The van der Waals surface area contributed by atoms with E-state index in [4.69, 9.17) is 5.73 Å². The quantitative estimate of drug-likeness (QED) is 0.771. The van der Waals surface area contributed by atoms with E-state index in [2.05, 4.69) is 40.8 Å². The maximum atomic E-state index is 6.10. The lowest BCUT2D eigenvalue weighted by Gasteiger charge is -2.39. The van der Waals surface area contributed by atoms with Crippen molar-refractivity contribution in [3.05, 3.63) is 0 Å². The molecule has 5 nitrogen and oxygen atoms in total. The third-order valence-corrected chi connectivity index (χ3v) is 4.30. The van der Waals surface area contributed by atoms with Gasteiger partial charge in [-0.1, -0.05) is 0 Å². The van der Waals surface area contributed by atoms with Crippen LogP contribution in [0, 0.1) is 0 Å². The summed E-state index contributed by atoms with van der Waals surface area (Å²) < 4.78 is 0. The fraction of sp³-hybridized carbons (Fsp3) is 0.923. The van der Waals surface area contributed by atoms with E-state index >= 15 is 0 Å². The summed E-state index contributed by atoms with van der Waals surface area (Å²) in [5.41, 5.74) is 6.30. The van der Waals surface area contributed by atoms with E-state index in [-0.39, 0.29) is 5.54 Å². The maximum Gasteiger partial charge on any atom is 0.191 e. The van der Waals surface area contributed by atoms with Gasteiger partial charge >= 0.3 is 0 Å². The van der Waals surface area contributed by atoms with Crippen LogP contribution in [0.4, 0.5) is 0 Å². The van der Waals surface area contributed by atoms with Crippen molar-refractivity contribution in [2.75, 3.05) is 53.9 Å². The number of likely N-dealkylation sites (tertiary alicyclic amines) is 1. The van der Waals surface area contributed by atoms with Gasteiger partial charge < -0.3 is 20.4 Å². The van der Waals surface area contributed by atoms with E-state index in [0.717, 1.165) is 32.1 Å². The number of hydrogen-bond acceptors (Lipinski definition) is 5. The molecule has 5 heteroatoms. The Morgan fingerprint density at radius 1 is 1.33 bits per heavy atom. The zero-order chi connectivity index (χ0) is 13.2. The Balaban J connectivity index is 2.05. The highest BCUT2D eigenvalue weighted by Gasteiger charge is 2.42. The van der Waals surface area contributed by atoms with Crippen LogP contribution in [0.3, 0.4) is 0 Å². The van der Waals surface area contributed by atoms with Crippen molar-refractivity contribution in [2.24, 2.45) is 10.7 Å². The first-order chi connectivity index (χ1) is 8.53. The van der Waals surface area contributed by atoms with E-state index in [1.165, 1.54) is 25.8 Å². The first-order valence-electron chi connectivity index (χ1n) is 6.94. The molecule has 0 aromatic rings. The number of aliphatic imine (C=N–C) groups is 1. The standard InChI is InChI=1S/C13H27N5/c1-16(2)9-10-18-12(14)15-11-13(18)5-4-7-17(3)8-6-13/h4-11H2,1-3H3,(H2,14,15). The van der Waals surface area contributed by atoms with Crippen molar-refractivity contribution in [2.45, 2.75) is 24.8 Å². The average Bonchev–Trinajstić information content (AvgIpc) is 2.48. The number of nitrogens with two attached hydrogens (primary N) is 1. The molecule has 1 fully saturated rings. The monoisotopic (exact) mass is 253 g/mol. The summed E-state index contributed by atoms with van der Waals surface area (Å²) in [6, 6.07) is 0. The summed E-state index contributed by atoms with van der Waals surface area (Å²) in [7, 11) is 6.43. The van der Waals surface area contributed by atoms with Crippen molar-refractivity contribution in [1.29, 1.82) is 0 Å². The minimum absolute atomic E-state index is 0.199. The number of likely N-dealkylation sites (N-methyl/N-ethyl adjacent to an activating group) is 1. The lowest BCUT2D eigenvalue weighted by atomic mass is 9.89. The Labute approximate surface area is 111 Å². The van der Waals surface area contributed by atoms with Gasteiger partial charge in [-0.3, -0.25) is 4.99 Å². The van der Waals surface area contributed by atoms with Gasteiger partial charge in [-0.2, -0.15) is 0 Å². The van der Waals surface area contributed by atoms with Gasteiger partial charge in [-0.05, 0) is 47.0 Å². The summed E-state index contributed by atoms with van der Waals surface area (Å²) >= 11 is 0. The third-order valence-electron chi connectivity index (χ3n) is 4.30. The lowest BCUT2D eigenvalue weighted by molar-refractivity contribution is 0.163. The van der Waals surface area contributed by atoms with E-state index in [9.17, 15) is 0 Å². The molecule has 0 radical (unpaired) electrons. The van der Waals surface area contributed by atoms with Crippen molar-refractivity contribution in [3.63, 3.8) is 0 Å².